The molecule has 1 aromatic carbocycles. The number of rotatable bonds is 7. The van der Waals surface area contributed by atoms with Crippen molar-refractivity contribution in [2.24, 2.45) is 17.8 Å². The van der Waals surface area contributed by atoms with Crippen molar-refractivity contribution in [2.75, 3.05) is 33.3 Å². The van der Waals surface area contributed by atoms with E-state index in [4.69, 9.17) is 4.74 Å². The lowest BCUT2D eigenvalue weighted by Gasteiger charge is -2.23. The molecule has 24 heavy (non-hydrogen) atoms. The molecule has 1 aromatic rings. The molecule has 1 saturated heterocycles. The van der Waals surface area contributed by atoms with Gasteiger partial charge in [-0.05, 0) is 75.2 Å². The fourth-order valence-corrected chi connectivity index (χ4v) is 3.90. The molecule has 1 saturated carbocycles. The van der Waals surface area contributed by atoms with E-state index in [-0.39, 0.29) is 0 Å². The molecule has 2 atom stereocenters. The van der Waals surface area contributed by atoms with Gasteiger partial charge in [0, 0.05) is 19.5 Å². The number of hydrogen-bond acceptors (Lipinski definition) is 3. The highest BCUT2D eigenvalue weighted by Crippen LogP contribution is 2.48. The molecule has 0 bridgehead atoms. The van der Waals surface area contributed by atoms with E-state index in [1.54, 1.807) is 0 Å². The van der Waals surface area contributed by atoms with Crippen LogP contribution in [0.2, 0.25) is 0 Å². The number of benzene rings is 1. The van der Waals surface area contributed by atoms with E-state index in [1.165, 1.54) is 18.4 Å². The molecular weight excluding hydrogens is 300 g/mol. The normalized spacial score (nSPS) is 23.8. The van der Waals surface area contributed by atoms with Crippen LogP contribution in [0.25, 0.3) is 0 Å². The highest BCUT2D eigenvalue weighted by atomic mass is 16.5. The summed E-state index contributed by atoms with van der Waals surface area (Å²) in [5.74, 6) is 2.96. The largest absolute Gasteiger partial charge is 0.494 e. The average Bonchev–Trinajstić information content (AvgIpc) is 3.42. The first-order valence-electron chi connectivity index (χ1n) is 9.36. The number of hydrogen-bond donors (Lipinski definition) is 1. The Bertz CT molecular complexity index is 537. The van der Waals surface area contributed by atoms with Crippen LogP contribution in [0, 0.1) is 17.8 Å². The maximum Gasteiger partial charge on any atom is 0.225 e. The first-order chi connectivity index (χ1) is 11.7. The Morgan fingerprint density at radius 3 is 2.62 bits per heavy atom. The van der Waals surface area contributed by atoms with E-state index in [1.807, 2.05) is 31.0 Å². The molecule has 0 radical (unpaired) electrons. The standard InChI is InChI=1S/C20H30N2O2/c1-3-24-17-6-4-15(5-7-17)10-13-22(2)20(23)19-14-18(19)16-8-11-21-12-9-16/h4-7,16,18-19,21H,3,8-14H2,1-2H3/t18-,19+/m0/s1. The topological polar surface area (TPSA) is 41.6 Å². The monoisotopic (exact) mass is 330 g/mol. The van der Waals surface area contributed by atoms with Gasteiger partial charge < -0.3 is 15.0 Å². The molecule has 2 aliphatic rings. The molecule has 1 aliphatic heterocycles. The lowest BCUT2D eigenvalue weighted by Crippen LogP contribution is -2.33. The number of nitrogens with zero attached hydrogens (tertiary/aromatic N) is 1. The van der Waals surface area contributed by atoms with Crippen molar-refractivity contribution in [3.8, 4) is 5.75 Å². The minimum atomic E-state index is 0.290. The Hall–Kier alpha value is -1.55. The van der Waals surface area contributed by atoms with Gasteiger partial charge in [0.15, 0.2) is 0 Å². The predicted octanol–water partition coefficient (Wildman–Crippen LogP) is 2.72. The van der Waals surface area contributed by atoms with Crippen LogP contribution in [0.4, 0.5) is 0 Å². The minimum absolute atomic E-state index is 0.290. The van der Waals surface area contributed by atoms with Crippen molar-refractivity contribution in [1.82, 2.24) is 10.2 Å². The highest BCUT2D eigenvalue weighted by molar-refractivity contribution is 5.81. The number of nitrogens with one attached hydrogen (secondary N) is 1. The Kier molecular flexibility index (Phi) is 5.77. The van der Waals surface area contributed by atoms with E-state index < -0.39 is 0 Å². The zero-order valence-corrected chi connectivity index (χ0v) is 15.0. The maximum atomic E-state index is 12.6. The van der Waals surface area contributed by atoms with Crippen molar-refractivity contribution in [2.45, 2.75) is 32.6 Å². The highest BCUT2D eigenvalue weighted by Gasteiger charge is 2.48. The van der Waals surface area contributed by atoms with Crippen molar-refractivity contribution in [3.05, 3.63) is 29.8 Å². The lowest BCUT2D eigenvalue weighted by molar-refractivity contribution is -0.131. The Morgan fingerprint density at radius 2 is 1.96 bits per heavy atom. The second kappa shape index (κ2) is 8.02. The smallest absolute Gasteiger partial charge is 0.225 e. The summed E-state index contributed by atoms with van der Waals surface area (Å²) >= 11 is 0. The van der Waals surface area contributed by atoms with Gasteiger partial charge in [-0.1, -0.05) is 12.1 Å². The molecule has 1 N–H and O–H groups in total. The zero-order chi connectivity index (χ0) is 16.9. The van der Waals surface area contributed by atoms with Crippen LogP contribution in [0.5, 0.6) is 5.75 Å². The number of likely N-dealkylation sites (N-methyl/N-ethyl adjacent to an activating group) is 1. The van der Waals surface area contributed by atoms with E-state index >= 15 is 0 Å². The van der Waals surface area contributed by atoms with Crippen LogP contribution < -0.4 is 10.1 Å². The fourth-order valence-electron chi connectivity index (χ4n) is 3.90. The summed E-state index contributed by atoms with van der Waals surface area (Å²) < 4.78 is 5.46. The van der Waals surface area contributed by atoms with Gasteiger partial charge >= 0.3 is 0 Å². The van der Waals surface area contributed by atoms with Crippen molar-refractivity contribution >= 4 is 5.91 Å². The van der Waals surface area contributed by atoms with Crippen LogP contribution >= 0.6 is 0 Å². The van der Waals surface area contributed by atoms with Crippen molar-refractivity contribution in [3.63, 3.8) is 0 Å². The zero-order valence-electron chi connectivity index (χ0n) is 15.0. The predicted molar refractivity (Wildman–Crippen MR) is 96.1 cm³/mol. The van der Waals surface area contributed by atoms with E-state index in [0.717, 1.165) is 44.1 Å². The molecule has 1 heterocycles. The number of carbonyl (C=O) groups is 1. The molecule has 3 rings (SSSR count). The molecule has 132 valence electrons. The van der Waals surface area contributed by atoms with Gasteiger partial charge in [0.25, 0.3) is 0 Å². The van der Waals surface area contributed by atoms with E-state index in [2.05, 4.69) is 17.4 Å². The molecule has 2 fully saturated rings. The van der Waals surface area contributed by atoms with Crippen LogP contribution in [0.15, 0.2) is 24.3 Å². The molecule has 1 aliphatic carbocycles. The lowest BCUT2D eigenvalue weighted by atomic mass is 9.92. The first kappa shape index (κ1) is 17.3. The number of ether oxygens (including phenoxy) is 1. The fraction of sp³-hybridized carbons (Fsp3) is 0.650. The number of carbonyl (C=O) groups excluding carboxylic acids is 1. The van der Waals surface area contributed by atoms with Gasteiger partial charge in [0.1, 0.15) is 5.75 Å². The summed E-state index contributed by atoms with van der Waals surface area (Å²) in [6.07, 6.45) is 4.49. The Morgan fingerprint density at radius 1 is 1.25 bits per heavy atom. The summed E-state index contributed by atoms with van der Waals surface area (Å²) in [5, 5.41) is 3.41. The molecule has 0 aromatic heterocycles. The van der Waals surface area contributed by atoms with Gasteiger partial charge in [-0.2, -0.15) is 0 Å². The van der Waals surface area contributed by atoms with Gasteiger partial charge in [-0.25, -0.2) is 0 Å². The molecule has 0 spiro atoms. The summed E-state index contributed by atoms with van der Waals surface area (Å²) in [6.45, 7) is 5.72. The molecular formula is C20H30N2O2. The average molecular weight is 330 g/mol. The molecule has 4 nitrogen and oxygen atoms in total. The van der Waals surface area contributed by atoms with Crippen LogP contribution in [-0.2, 0) is 11.2 Å². The molecule has 4 heteroatoms. The first-order valence-corrected chi connectivity index (χ1v) is 9.36. The summed E-state index contributed by atoms with van der Waals surface area (Å²) in [4.78, 5) is 14.5. The maximum absolute atomic E-state index is 12.6. The van der Waals surface area contributed by atoms with Crippen LogP contribution in [0.1, 0.15) is 31.7 Å². The number of amides is 1. The van der Waals surface area contributed by atoms with Gasteiger partial charge in [0.2, 0.25) is 5.91 Å². The second-order valence-corrected chi connectivity index (χ2v) is 7.18. The van der Waals surface area contributed by atoms with E-state index in [9.17, 15) is 4.79 Å². The SMILES string of the molecule is CCOc1ccc(CCN(C)C(=O)[C@@H]2C[C@H]2C2CCNCC2)cc1. The number of piperidine rings is 1. The van der Waals surface area contributed by atoms with Crippen molar-refractivity contribution < 1.29 is 9.53 Å². The molecule has 1 amide bonds. The third kappa shape index (κ3) is 4.29. The van der Waals surface area contributed by atoms with Crippen molar-refractivity contribution in [1.29, 1.82) is 0 Å². The third-order valence-electron chi connectivity index (χ3n) is 5.49. The Labute approximate surface area is 145 Å². The van der Waals surface area contributed by atoms with Crippen LogP contribution in [0.3, 0.4) is 0 Å². The van der Waals surface area contributed by atoms with Gasteiger partial charge in [-0.3, -0.25) is 4.79 Å². The quantitative estimate of drug-likeness (QED) is 0.836. The summed E-state index contributed by atoms with van der Waals surface area (Å²) in [6, 6.07) is 8.21. The summed E-state index contributed by atoms with van der Waals surface area (Å²) in [5.41, 5.74) is 1.25. The minimum Gasteiger partial charge on any atom is -0.494 e. The molecule has 0 unspecified atom stereocenters. The second-order valence-electron chi connectivity index (χ2n) is 7.18. The van der Waals surface area contributed by atoms with Gasteiger partial charge in [0.05, 0.1) is 6.61 Å². The van der Waals surface area contributed by atoms with Gasteiger partial charge in [-0.15, -0.1) is 0 Å². The third-order valence-corrected chi connectivity index (χ3v) is 5.49. The Balaban J connectivity index is 1.43. The van der Waals surface area contributed by atoms with E-state index in [0.29, 0.717) is 24.3 Å². The van der Waals surface area contributed by atoms with Crippen LogP contribution in [-0.4, -0.2) is 44.1 Å². The summed E-state index contributed by atoms with van der Waals surface area (Å²) in [7, 11) is 1.95.